The number of nitrogen functional groups attached to an aromatic ring is 1. The lowest BCUT2D eigenvalue weighted by Crippen LogP contribution is -2.48. The zero-order chi connectivity index (χ0) is 20.1. The van der Waals surface area contributed by atoms with Crippen molar-refractivity contribution in [3.63, 3.8) is 0 Å². The van der Waals surface area contributed by atoms with Crippen molar-refractivity contribution in [2.45, 2.75) is 6.54 Å². The molecule has 0 saturated carbocycles. The summed E-state index contributed by atoms with van der Waals surface area (Å²) in [6, 6.07) is 9.07. The molecule has 3 N–H and O–H groups in total. The van der Waals surface area contributed by atoms with Crippen LogP contribution in [0, 0.1) is 11.6 Å². The molecule has 0 spiro atoms. The summed E-state index contributed by atoms with van der Waals surface area (Å²) in [5, 5.41) is 0. The lowest BCUT2D eigenvalue weighted by atomic mass is 10.1. The Morgan fingerprint density at radius 1 is 1.11 bits per heavy atom. The van der Waals surface area contributed by atoms with Crippen molar-refractivity contribution in [3.05, 3.63) is 65.2 Å². The molecule has 2 aromatic rings. The van der Waals surface area contributed by atoms with Crippen LogP contribution in [-0.2, 0) is 11.3 Å². The van der Waals surface area contributed by atoms with Gasteiger partial charge in [-0.15, -0.1) is 0 Å². The molecule has 148 valence electrons. The molecular formula is C19H20F2N4O3. The highest BCUT2D eigenvalue weighted by molar-refractivity contribution is 5.94. The number of hydrogen-bond donors (Lipinski definition) is 2. The van der Waals surface area contributed by atoms with E-state index in [4.69, 9.17) is 10.6 Å². The Bertz CT molecular complexity index is 855. The Balaban J connectivity index is 1.89. The number of carbonyl (C=O) groups excluding carboxylic acids is 2. The molecule has 28 heavy (non-hydrogen) atoms. The predicted molar refractivity (Wildman–Crippen MR) is 98.4 cm³/mol. The minimum absolute atomic E-state index is 0.0262. The van der Waals surface area contributed by atoms with Gasteiger partial charge in [-0.05, 0) is 29.8 Å². The maximum atomic E-state index is 14.4. The summed E-state index contributed by atoms with van der Waals surface area (Å²) in [5.74, 6) is 3.11. The molecule has 7 nitrogen and oxygen atoms in total. The van der Waals surface area contributed by atoms with Crippen molar-refractivity contribution in [2.75, 3.05) is 31.2 Å². The van der Waals surface area contributed by atoms with Crippen LogP contribution < -0.4 is 16.2 Å². The lowest BCUT2D eigenvalue weighted by Gasteiger charge is -2.33. The number of halogens is 2. The number of ether oxygens (including phenoxy) is 1. The molecule has 1 fully saturated rings. The summed E-state index contributed by atoms with van der Waals surface area (Å²) in [5.41, 5.74) is 3.03. The molecule has 0 bridgehead atoms. The number of urea groups is 1. The van der Waals surface area contributed by atoms with Crippen LogP contribution in [0.4, 0.5) is 19.3 Å². The second-order valence-electron chi connectivity index (χ2n) is 6.23. The highest BCUT2D eigenvalue weighted by Crippen LogP contribution is 2.24. The summed E-state index contributed by atoms with van der Waals surface area (Å²) in [6.07, 6.45) is 0. The van der Waals surface area contributed by atoms with E-state index in [1.165, 1.54) is 11.0 Å². The molecule has 1 heterocycles. The Labute approximate surface area is 160 Å². The number of nitrogens with one attached hydrogen (secondary N) is 1. The second-order valence-corrected chi connectivity index (χ2v) is 6.23. The second kappa shape index (κ2) is 8.77. The van der Waals surface area contributed by atoms with Gasteiger partial charge >= 0.3 is 6.03 Å². The minimum atomic E-state index is -0.833. The molecule has 0 radical (unpaired) electrons. The maximum Gasteiger partial charge on any atom is 0.325 e. The van der Waals surface area contributed by atoms with Crippen molar-refractivity contribution < 1.29 is 23.1 Å². The summed E-state index contributed by atoms with van der Waals surface area (Å²) >= 11 is 0. The monoisotopic (exact) mass is 390 g/mol. The molecule has 0 unspecified atom stereocenters. The van der Waals surface area contributed by atoms with Crippen LogP contribution in [0.15, 0.2) is 42.5 Å². The number of nitrogens with zero attached hydrogens (tertiary/aromatic N) is 2. The van der Waals surface area contributed by atoms with Gasteiger partial charge in [0, 0.05) is 24.7 Å². The standard InChI is InChI=1S/C19H20F2N4O3/c20-15-5-6-17(16(21)11-15)25(19(27)24-7-9-28-10-8-24)12-13-1-3-14(4-2-13)18(26)23-22/h1-6,11H,7-10,12,22H2,(H,23,26). The van der Waals surface area contributed by atoms with Gasteiger partial charge < -0.3 is 9.64 Å². The lowest BCUT2D eigenvalue weighted by molar-refractivity contribution is 0.0547. The van der Waals surface area contributed by atoms with Crippen LogP contribution in [-0.4, -0.2) is 43.1 Å². The first-order chi connectivity index (χ1) is 13.5. The van der Waals surface area contributed by atoms with E-state index < -0.39 is 23.6 Å². The maximum absolute atomic E-state index is 14.4. The number of rotatable bonds is 4. The average molecular weight is 390 g/mol. The number of hydrazine groups is 1. The van der Waals surface area contributed by atoms with Crippen molar-refractivity contribution in [3.8, 4) is 0 Å². The van der Waals surface area contributed by atoms with Crippen molar-refractivity contribution in [1.82, 2.24) is 10.3 Å². The third-order valence-electron chi connectivity index (χ3n) is 4.40. The topological polar surface area (TPSA) is 87.9 Å². The molecule has 1 saturated heterocycles. The van der Waals surface area contributed by atoms with Crippen LogP contribution >= 0.6 is 0 Å². The Hall–Kier alpha value is -3.04. The zero-order valence-corrected chi connectivity index (χ0v) is 15.0. The molecule has 0 aliphatic carbocycles. The SMILES string of the molecule is NNC(=O)c1ccc(CN(C(=O)N2CCOCC2)c2ccc(F)cc2F)cc1. The van der Waals surface area contributed by atoms with Crippen molar-refractivity contribution in [1.29, 1.82) is 0 Å². The van der Waals surface area contributed by atoms with Gasteiger partial charge in [0.25, 0.3) is 5.91 Å². The predicted octanol–water partition coefficient (Wildman–Crippen LogP) is 2.03. The van der Waals surface area contributed by atoms with Gasteiger partial charge in [-0.2, -0.15) is 0 Å². The van der Waals surface area contributed by atoms with Gasteiger partial charge in [-0.3, -0.25) is 15.1 Å². The smallest absolute Gasteiger partial charge is 0.325 e. The Morgan fingerprint density at radius 3 is 2.39 bits per heavy atom. The van der Waals surface area contributed by atoms with Gasteiger partial charge in [0.1, 0.15) is 11.6 Å². The number of hydrogen-bond acceptors (Lipinski definition) is 4. The summed E-state index contributed by atoms with van der Waals surface area (Å²) in [6.45, 7) is 1.60. The number of morpholine rings is 1. The van der Waals surface area contributed by atoms with E-state index in [0.717, 1.165) is 12.1 Å². The molecule has 1 aliphatic rings. The molecular weight excluding hydrogens is 370 g/mol. The van der Waals surface area contributed by atoms with Crippen molar-refractivity contribution in [2.24, 2.45) is 5.84 Å². The van der Waals surface area contributed by atoms with Crippen LogP contribution in [0.5, 0.6) is 0 Å². The van der Waals surface area contributed by atoms with E-state index in [1.54, 1.807) is 29.2 Å². The molecule has 1 aliphatic heterocycles. The fourth-order valence-electron chi connectivity index (χ4n) is 2.91. The first kappa shape index (κ1) is 19.7. The average Bonchev–Trinajstić information content (AvgIpc) is 2.72. The quantitative estimate of drug-likeness (QED) is 0.475. The summed E-state index contributed by atoms with van der Waals surface area (Å²) < 4.78 is 33.0. The molecule has 2 aromatic carbocycles. The Kier molecular flexibility index (Phi) is 6.17. The van der Waals surface area contributed by atoms with E-state index in [1.807, 2.05) is 5.43 Å². The first-order valence-electron chi connectivity index (χ1n) is 8.68. The van der Waals surface area contributed by atoms with Gasteiger partial charge in [0.15, 0.2) is 0 Å². The third kappa shape index (κ3) is 4.44. The van der Waals surface area contributed by atoms with E-state index in [9.17, 15) is 18.4 Å². The van der Waals surface area contributed by atoms with Gasteiger partial charge in [-0.25, -0.2) is 19.4 Å². The van der Waals surface area contributed by atoms with E-state index in [0.29, 0.717) is 37.4 Å². The van der Waals surface area contributed by atoms with Gasteiger partial charge in [0.2, 0.25) is 0 Å². The number of nitrogens with two attached hydrogens (primary N) is 1. The highest BCUT2D eigenvalue weighted by atomic mass is 19.1. The molecule has 3 amide bonds. The van der Waals surface area contributed by atoms with E-state index in [2.05, 4.69) is 0 Å². The number of amides is 3. The molecule has 0 aromatic heterocycles. The summed E-state index contributed by atoms with van der Waals surface area (Å²) in [7, 11) is 0. The molecule has 3 rings (SSSR count). The number of anilines is 1. The highest BCUT2D eigenvalue weighted by Gasteiger charge is 2.26. The number of carbonyl (C=O) groups is 2. The number of benzene rings is 2. The Morgan fingerprint density at radius 2 is 1.79 bits per heavy atom. The van der Waals surface area contributed by atoms with Crippen LogP contribution in [0.3, 0.4) is 0 Å². The van der Waals surface area contributed by atoms with Crippen LogP contribution in [0.2, 0.25) is 0 Å². The van der Waals surface area contributed by atoms with Crippen LogP contribution in [0.1, 0.15) is 15.9 Å². The van der Waals surface area contributed by atoms with E-state index >= 15 is 0 Å². The summed E-state index contributed by atoms with van der Waals surface area (Å²) in [4.78, 5) is 27.4. The fourth-order valence-corrected chi connectivity index (χ4v) is 2.91. The van der Waals surface area contributed by atoms with Gasteiger partial charge in [0.05, 0.1) is 25.4 Å². The minimum Gasteiger partial charge on any atom is -0.378 e. The molecule has 0 atom stereocenters. The largest absolute Gasteiger partial charge is 0.378 e. The van der Waals surface area contributed by atoms with Gasteiger partial charge in [-0.1, -0.05) is 12.1 Å². The van der Waals surface area contributed by atoms with E-state index in [-0.39, 0.29) is 12.2 Å². The third-order valence-corrected chi connectivity index (χ3v) is 4.40. The molecule has 9 heteroatoms. The van der Waals surface area contributed by atoms with Crippen molar-refractivity contribution >= 4 is 17.6 Å². The zero-order valence-electron chi connectivity index (χ0n) is 15.0. The first-order valence-corrected chi connectivity index (χ1v) is 8.68. The normalized spacial score (nSPS) is 13.9. The fraction of sp³-hybridized carbons (Fsp3) is 0.263. The van der Waals surface area contributed by atoms with Crippen LogP contribution in [0.25, 0.3) is 0 Å².